The molecule has 0 saturated carbocycles. The second kappa shape index (κ2) is 7.05. The molecule has 2 nitrogen and oxygen atoms in total. The number of hydrogen-bond acceptors (Lipinski definition) is 2. The molecule has 0 aromatic heterocycles. The van der Waals surface area contributed by atoms with E-state index in [0.29, 0.717) is 11.1 Å². The fourth-order valence-electron chi connectivity index (χ4n) is 1.67. The molecule has 124 valence electrons. The van der Waals surface area contributed by atoms with E-state index in [1.165, 1.54) is 0 Å². The minimum Gasteiger partial charge on any atom is -0.544 e. The summed E-state index contributed by atoms with van der Waals surface area (Å²) in [7, 11) is -3.48. The normalized spacial score (nSPS) is 12.6. The Morgan fingerprint density at radius 2 is 1.18 bits per heavy atom. The molecule has 0 atom stereocenters. The van der Waals surface area contributed by atoms with Crippen molar-refractivity contribution in [3.8, 4) is 11.5 Å². The van der Waals surface area contributed by atoms with E-state index in [0.717, 1.165) is 17.1 Å². The van der Waals surface area contributed by atoms with Crippen LogP contribution in [0.2, 0.25) is 37.3 Å². The molecule has 0 radical (unpaired) electrons. The van der Waals surface area contributed by atoms with Gasteiger partial charge in [-0.3, -0.25) is 0 Å². The summed E-state index contributed by atoms with van der Waals surface area (Å²) in [6.45, 7) is 21.8. The van der Waals surface area contributed by atoms with E-state index < -0.39 is 16.6 Å². The smallest absolute Gasteiger partial charge is 0.247 e. The Labute approximate surface area is 138 Å². The first-order valence-electron chi connectivity index (χ1n) is 8.13. The van der Waals surface area contributed by atoms with Crippen molar-refractivity contribution in [2.24, 2.45) is 0 Å². The lowest BCUT2D eigenvalue weighted by Crippen LogP contribution is -2.38. The molecule has 0 N–H and O–H groups in total. The Bertz CT molecular complexity index is 480. The number of benzene rings is 1. The third kappa shape index (κ3) is 5.02. The predicted molar refractivity (Wildman–Crippen MR) is 103 cm³/mol. The molecule has 0 fully saturated rings. The summed E-state index contributed by atoms with van der Waals surface area (Å²) < 4.78 is 12.7. The first-order chi connectivity index (χ1) is 9.98. The monoisotopic (exact) mass is 336 g/mol. The molecule has 0 aliphatic carbocycles. The highest BCUT2D eigenvalue weighted by Crippen LogP contribution is 2.32. The highest BCUT2D eigenvalue weighted by molar-refractivity contribution is 6.73. The van der Waals surface area contributed by atoms with E-state index in [-0.39, 0.29) is 0 Å². The van der Waals surface area contributed by atoms with Crippen molar-refractivity contribution in [1.82, 2.24) is 0 Å². The summed E-state index contributed by atoms with van der Waals surface area (Å²) in [6.07, 6.45) is 1.85. The zero-order chi connectivity index (χ0) is 17.1. The SMILES string of the molecule is C=Cc1cc(O[Si](C)(C)C(C)C)cc(O[Si](C)(C)C(C)C)c1. The van der Waals surface area contributed by atoms with Crippen LogP contribution in [0.3, 0.4) is 0 Å². The van der Waals surface area contributed by atoms with Crippen LogP contribution in [-0.4, -0.2) is 16.6 Å². The fraction of sp³-hybridized carbons (Fsp3) is 0.556. The molecule has 1 aromatic carbocycles. The molecular weight excluding hydrogens is 304 g/mol. The third-order valence-electron chi connectivity index (χ3n) is 4.68. The molecule has 0 heterocycles. The fourth-order valence-corrected chi connectivity index (χ4v) is 3.59. The third-order valence-corrected chi connectivity index (χ3v) is 11.8. The van der Waals surface area contributed by atoms with Crippen LogP contribution in [-0.2, 0) is 0 Å². The van der Waals surface area contributed by atoms with Crippen LogP contribution in [0.25, 0.3) is 6.08 Å². The zero-order valence-corrected chi connectivity index (χ0v) is 17.5. The maximum atomic E-state index is 6.35. The van der Waals surface area contributed by atoms with E-state index in [1.54, 1.807) is 0 Å². The van der Waals surface area contributed by atoms with Crippen LogP contribution >= 0.6 is 0 Å². The summed E-state index contributed by atoms with van der Waals surface area (Å²) in [4.78, 5) is 0. The summed E-state index contributed by atoms with van der Waals surface area (Å²) in [5.74, 6) is 1.82. The number of hydrogen-bond donors (Lipinski definition) is 0. The first kappa shape index (κ1) is 19.0. The topological polar surface area (TPSA) is 18.5 Å². The van der Waals surface area contributed by atoms with Crippen LogP contribution < -0.4 is 8.85 Å². The van der Waals surface area contributed by atoms with Gasteiger partial charge in [0.2, 0.25) is 16.6 Å². The molecule has 0 amide bonds. The predicted octanol–water partition coefficient (Wildman–Crippen LogP) is 6.32. The van der Waals surface area contributed by atoms with Gasteiger partial charge in [0, 0.05) is 6.07 Å². The van der Waals surface area contributed by atoms with Crippen LogP contribution in [0.15, 0.2) is 24.8 Å². The Hall–Kier alpha value is -1.01. The first-order valence-corrected chi connectivity index (χ1v) is 14.1. The van der Waals surface area contributed by atoms with E-state index in [2.05, 4.69) is 72.6 Å². The van der Waals surface area contributed by atoms with Gasteiger partial charge >= 0.3 is 0 Å². The maximum absolute atomic E-state index is 6.35. The minimum atomic E-state index is -1.74. The van der Waals surface area contributed by atoms with Crippen molar-refractivity contribution in [2.45, 2.75) is 65.0 Å². The van der Waals surface area contributed by atoms with Gasteiger partial charge in [-0.15, -0.1) is 0 Å². The second-order valence-electron chi connectivity index (χ2n) is 7.66. The maximum Gasteiger partial charge on any atom is 0.247 e. The van der Waals surface area contributed by atoms with Crippen molar-refractivity contribution in [2.75, 3.05) is 0 Å². The van der Waals surface area contributed by atoms with Crippen molar-refractivity contribution in [3.05, 3.63) is 30.3 Å². The lowest BCUT2D eigenvalue weighted by molar-refractivity contribution is 0.510. The van der Waals surface area contributed by atoms with Gasteiger partial charge in [-0.2, -0.15) is 0 Å². The average molecular weight is 337 g/mol. The Balaban J connectivity index is 3.11. The summed E-state index contributed by atoms with van der Waals surface area (Å²) >= 11 is 0. The lowest BCUT2D eigenvalue weighted by Gasteiger charge is -2.30. The molecule has 22 heavy (non-hydrogen) atoms. The van der Waals surface area contributed by atoms with E-state index in [9.17, 15) is 0 Å². The summed E-state index contributed by atoms with van der Waals surface area (Å²) in [6, 6.07) is 6.16. The zero-order valence-electron chi connectivity index (χ0n) is 15.5. The molecule has 0 aliphatic heterocycles. The van der Waals surface area contributed by atoms with Crippen molar-refractivity contribution in [1.29, 1.82) is 0 Å². The van der Waals surface area contributed by atoms with Crippen molar-refractivity contribution >= 4 is 22.7 Å². The molecule has 0 spiro atoms. The van der Waals surface area contributed by atoms with Crippen LogP contribution in [0.5, 0.6) is 11.5 Å². The van der Waals surface area contributed by atoms with Gasteiger partial charge in [0.25, 0.3) is 0 Å². The van der Waals surface area contributed by atoms with E-state index in [4.69, 9.17) is 8.85 Å². The number of rotatable bonds is 7. The Morgan fingerprint density at radius 1 is 0.818 bits per heavy atom. The molecule has 0 saturated heterocycles. The summed E-state index contributed by atoms with van der Waals surface area (Å²) in [5, 5.41) is 0. The molecule has 0 aliphatic rings. The van der Waals surface area contributed by atoms with Gasteiger partial charge in [0.1, 0.15) is 11.5 Å². The molecule has 1 aromatic rings. The molecular formula is C18H32O2Si2. The van der Waals surface area contributed by atoms with Crippen molar-refractivity contribution < 1.29 is 8.85 Å². The van der Waals surface area contributed by atoms with Crippen LogP contribution in [0.4, 0.5) is 0 Å². The van der Waals surface area contributed by atoms with Gasteiger partial charge in [-0.25, -0.2) is 0 Å². The standard InChI is InChI=1S/C18H32O2Si2/c1-10-16-11-17(19-21(6,7)14(2)3)13-18(12-16)20-22(8,9)15(4)5/h10-15H,1H2,2-9H3. The van der Waals surface area contributed by atoms with Gasteiger partial charge in [0.15, 0.2) is 0 Å². The molecule has 1 rings (SSSR count). The Morgan fingerprint density at radius 3 is 1.45 bits per heavy atom. The molecule has 4 heteroatoms. The van der Waals surface area contributed by atoms with Gasteiger partial charge in [-0.1, -0.05) is 40.3 Å². The highest BCUT2D eigenvalue weighted by Gasteiger charge is 2.31. The largest absolute Gasteiger partial charge is 0.544 e. The van der Waals surface area contributed by atoms with Crippen molar-refractivity contribution in [3.63, 3.8) is 0 Å². The van der Waals surface area contributed by atoms with Gasteiger partial charge in [0.05, 0.1) is 0 Å². The van der Waals surface area contributed by atoms with E-state index >= 15 is 0 Å². The molecule has 0 bridgehead atoms. The average Bonchev–Trinajstić information content (AvgIpc) is 2.36. The summed E-state index contributed by atoms with van der Waals surface area (Å²) in [5.41, 5.74) is 2.17. The quantitative estimate of drug-likeness (QED) is 0.543. The lowest BCUT2D eigenvalue weighted by atomic mass is 10.2. The van der Waals surface area contributed by atoms with Gasteiger partial charge < -0.3 is 8.85 Å². The highest BCUT2D eigenvalue weighted by atomic mass is 28.4. The Kier molecular flexibility index (Phi) is 6.10. The van der Waals surface area contributed by atoms with Crippen LogP contribution in [0, 0.1) is 0 Å². The van der Waals surface area contributed by atoms with E-state index in [1.807, 2.05) is 12.1 Å². The minimum absolute atomic E-state index is 0.561. The van der Waals surface area contributed by atoms with Gasteiger partial charge in [-0.05, 0) is 55.0 Å². The molecule has 0 unspecified atom stereocenters. The van der Waals surface area contributed by atoms with Crippen LogP contribution in [0.1, 0.15) is 33.3 Å². The second-order valence-corrected chi connectivity index (χ2v) is 16.8.